The van der Waals surface area contributed by atoms with Crippen LogP contribution in [0, 0.1) is 0 Å². The van der Waals surface area contributed by atoms with Crippen LogP contribution in [-0.4, -0.2) is 50.2 Å². The Balaban J connectivity index is 1.61. The van der Waals surface area contributed by atoms with Crippen LogP contribution in [0.2, 0.25) is 0 Å². The van der Waals surface area contributed by atoms with Crippen molar-refractivity contribution in [2.45, 2.75) is 6.42 Å². The van der Waals surface area contributed by atoms with E-state index < -0.39 is 0 Å². The van der Waals surface area contributed by atoms with Gasteiger partial charge in [-0.1, -0.05) is 0 Å². The smallest absolute Gasteiger partial charge is 0.287 e. The molecule has 6 heteroatoms. The van der Waals surface area contributed by atoms with Gasteiger partial charge in [-0.15, -0.1) is 0 Å². The van der Waals surface area contributed by atoms with Crippen LogP contribution in [-0.2, 0) is 4.74 Å². The quantitative estimate of drug-likeness (QED) is 0.836. The summed E-state index contributed by atoms with van der Waals surface area (Å²) in [6, 6.07) is 3.37. The molecule has 1 aliphatic heterocycles. The summed E-state index contributed by atoms with van der Waals surface area (Å²) < 4.78 is 11.0. The van der Waals surface area contributed by atoms with Crippen molar-refractivity contribution in [3.05, 3.63) is 22.6 Å². The molecule has 1 aromatic heterocycles. The molecule has 0 atom stereocenters. The molecule has 18 heavy (non-hydrogen) atoms. The van der Waals surface area contributed by atoms with E-state index in [1.165, 1.54) is 0 Å². The molecule has 100 valence electrons. The van der Waals surface area contributed by atoms with E-state index in [1.54, 1.807) is 12.1 Å². The zero-order valence-corrected chi connectivity index (χ0v) is 11.7. The number of morpholine rings is 1. The van der Waals surface area contributed by atoms with Gasteiger partial charge in [-0.25, -0.2) is 0 Å². The summed E-state index contributed by atoms with van der Waals surface area (Å²) in [5.41, 5.74) is 0. The van der Waals surface area contributed by atoms with Crippen molar-refractivity contribution < 1.29 is 13.9 Å². The fraction of sp³-hybridized carbons (Fsp3) is 0.583. The second-order valence-electron chi connectivity index (χ2n) is 4.17. The summed E-state index contributed by atoms with van der Waals surface area (Å²) in [5.74, 6) is 0.177. The normalized spacial score (nSPS) is 16.7. The standard InChI is InChI=1S/C12H17BrN2O3/c13-11-3-2-10(18-11)12(16)14-4-1-5-15-6-8-17-9-7-15/h2-3H,1,4-9H2,(H,14,16). The van der Waals surface area contributed by atoms with E-state index in [1.807, 2.05) is 0 Å². The number of carbonyl (C=O) groups excluding carboxylic acids is 1. The van der Waals surface area contributed by atoms with Gasteiger partial charge in [0, 0.05) is 19.6 Å². The second-order valence-corrected chi connectivity index (χ2v) is 4.95. The number of nitrogens with one attached hydrogen (secondary N) is 1. The maximum atomic E-state index is 11.6. The van der Waals surface area contributed by atoms with Gasteiger partial charge in [0.1, 0.15) is 0 Å². The second kappa shape index (κ2) is 6.92. The maximum Gasteiger partial charge on any atom is 0.287 e. The van der Waals surface area contributed by atoms with Gasteiger partial charge in [0.05, 0.1) is 13.2 Å². The van der Waals surface area contributed by atoms with Gasteiger partial charge < -0.3 is 14.5 Å². The first-order chi connectivity index (χ1) is 8.75. The van der Waals surface area contributed by atoms with Gasteiger partial charge in [0.2, 0.25) is 0 Å². The third-order valence-electron chi connectivity index (χ3n) is 2.84. The summed E-state index contributed by atoms with van der Waals surface area (Å²) in [7, 11) is 0. The molecule has 1 saturated heterocycles. The number of amides is 1. The minimum absolute atomic E-state index is 0.164. The monoisotopic (exact) mass is 316 g/mol. The van der Waals surface area contributed by atoms with Crippen molar-refractivity contribution in [1.29, 1.82) is 0 Å². The van der Waals surface area contributed by atoms with E-state index in [-0.39, 0.29) is 5.91 Å². The Bertz CT molecular complexity index is 388. The largest absolute Gasteiger partial charge is 0.444 e. The molecule has 0 unspecified atom stereocenters. The lowest BCUT2D eigenvalue weighted by atomic mass is 10.3. The van der Waals surface area contributed by atoms with Gasteiger partial charge in [-0.3, -0.25) is 9.69 Å². The van der Waals surface area contributed by atoms with Crippen molar-refractivity contribution in [1.82, 2.24) is 10.2 Å². The number of ether oxygens (including phenoxy) is 1. The number of carbonyl (C=O) groups is 1. The molecule has 2 rings (SSSR count). The van der Waals surface area contributed by atoms with E-state index >= 15 is 0 Å². The van der Waals surface area contributed by atoms with Crippen molar-refractivity contribution in [2.24, 2.45) is 0 Å². The van der Waals surface area contributed by atoms with Crippen molar-refractivity contribution in [3.8, 4) is 0 Å². The predicted octanol–water partition coefficient (Wildman–Crippen LogP) is 1.49. The molecule has 1 fully saturated rings. The molecule has 0 spiro atoms. The number of furan rings is 1. The molecule has 0 saturated carbocycles. The SMILES string of the molecule is O=C(NCCCN1CCOCC1)c1ccc(Br)o1. The average Bonchev–Trinajstić information content (AvgIpc) is 2.82. The average molecular weight is 317 g/mol. The third kappa shape index (κ3) is 4.12. The van der Waals surface area contributed by atoms with E-state index in [4.69, 9.17) is 9.15 Å². The molecular formula is C12H17BrN2O3. The lowest BCUT2D eigenvalue weighted by Gasteiger charge is -2.26. The Labute approximate surface area is 115 Å². The fourth-order valence-electron chi connectivity index (χ4n) is 1.85. The zero-order valence-electron chi connectivity index (χ0n) is 10.2. The van der Waals surface area contributed by atoms with E-state index in [0.717, 1.165) is 39.3 Å². The van der Waals surface area contributed by atoms with Gasteiger partial charge in [0.25, 0.3) is 5.91 Å². The Kier molecular flexibility index (Phi) is 5.22. The predicted molar refractivity (Wildman–Crippen MR) is 70.6 cm³/mol. The Morgan fingerprint density at radius 2 is 2.17 bits per heavy atom. The van der Waals surface area contributed by atoms with Crippen molar-refractivity contribution >= 4 is 21.8 Å². The third-order valence-corrected chi connectivity index (χ3v) is 3.26. The Hall–Kier alpha value is -0.850. The summed E-state index contributed by atoms with van der Waals surface area (Å²) in [5, 5.41) is 2.84. The Morgan fingerprint density at radius 1 is 1.39 bits per heavy atom. The highest BCUT2D eigenvalue weighted by atomic mass is 79.9. The Morgan fingerprint density at radius 3 is 2.83 bits per heavy atom. The van der Waals surface area contributed by atoms with Gasteiger partial charge in [-0.05, 0) is 41.0 Å². The summed E-state index contributed by atoms with van der Waals surface area (Å²) in [6.45, 7) is 5.25. The fourth-order valence-corrected chi connectivity index (χ4v) is 2.16. The number of rotatable bonds is 5. The zero-order chi connectivity index (χ0) is 12.8. The van der Waals surface area contributed by atoms with Crippen LogP contribution in [0.1, 0.15) is 17.0 Å². The highest BCUT2D eigenvalue weighted by Gasteiger charge is 2.11. The summed E-state index contributed by atoms with van der Waals surface area (Å²) in [4.78, 5) is 14.0. The number of nitrogens with zero attached hydrogens (tertiary/aromatic N) is 1. The van der Waals surface area contributed by atoms with Crippen molar-refractivity contribution in [2.75, 3.05) is 39.4 Å². The lowest BCUT2D eigenvalue weighted by molar-refractivity contribution is 0.0374. The molecule has 0 aliphatic carbocycles. The highest BCUT2D eigenvalue weighted by Crippen LogP contribution is 2.13. The topological polar surface area (TPSA) is 54.7 Å². The van der Waals surface area contributed by atoms with E-state index in [0.29, 0.717) is 17.0 Å². The van der Waals surface area contributed by atoms with Crippen LogP contribution in [0.4, 0.5) is 0 Å². The van der Waals surface area contributed by atoms with Crippen LogP contribution in [0.3, 0.4) is 0 Å². The molecule has 0 radical (unpaired) electrons. The summed E-state index contributed by atoms with van der Waals surface area (Å²) in [6.07, 6.45) is 0.938. The highest BCUT2D eigenvalue weighted by molar-refractivity contribution is 9.10. The first kappa shape index (κ1) is 13.6. The van der Waals surface area contributed by atoms with Gasteiger partial charge in [-0.2, -0.15) is 0 Å². The van der Waals surface area contributed by atoms with Crippen molar-refractivity contribution in [3.63, 3.8) is 0 Å². The minimum atomic E-state index is -0.164. The molecule has 1 N–H and O–H groups in total. The van der Waals surface area contributed by atoms with Crippen LogP contribution >= 0.6 is 15.9 Å². The van der Waals surface area contributed by atoms with Gasteiger partial charge in [0.15, 0.2) is 10.4 Å². The molecule has 0 aromatic carbocycles. The molecule has 2 heterocycles. The van der Waals surface area contributed by atoms with Crippen LogP contribution in [0.25, 0.3) is 0 Å². The number of hydrogen-bond donors (Lipinski definition) is 1. The molecule has 1 amide bonds. The van der Waals surface area contributed by atoms with E-state index in [2.05, 4.69) is 26.1 Å². The molecule has 1 aromatic rings. The van der Waals surface area contributed by atoms with Crippen LogP contribution in [0.5, 0.6) is 0 Å². The number of hydrogen-bond acceptors (Lipinski definition) is 4. The molecule has 0 bridgehead atoms. The molecular weight excluding hydrogens is 300 g/mol. The van der Waals surface area contributed by atoms with Gasteiger partial charge >= 0.3 is 0 Å². The number of halogens is 1. The molecule has 1 aliphatic rings. The first-order valence-corrected chi connectivity index (χ1v) is 6.88. The van der Waals surface area contributed by atoms with Crippen LogP contribution in [0.15, 0.2) is 21.2 Å². The minimum Gasteiger partial charge on any atom is -0.444 e. The molecule has 5 nitrogen and oxygen atoms in total. The van der Waals surface area contributed by atoms with E-state index in [9.17, 15) is 4.79 Å². The summed E-state index contributed by atoms with van der Waals surface area (Å²) >= 11 is 3.17. The van der Waals surface area contributed by atoms with Crippen LogP contribution < -0.4 is 5.32 Å². The lowest BCUT2D eigenvalue weighted by Crippen LogP contribution is -2.38. The first-order valence-electron chi connectivity index (χ1n) is 6.09. The maximum absolute atomic E-state index is 11.6.